The number of alkyl halides is 1. The molecule has 0 aliphatic heterocycles. The van der Waals surface area contributed by atoms with E-state index in [-0.39, 0.29) is 11.2 Å². The highest BCUT2D eigenvalue weighted by Gasteiger charge is 2.23. The largest absolute Gasteiger partial charge is 0.309 e. The van der Waals surface area contributed by atoms with Gasteiger partial charge in [-0.2, -0.15) is 0 Å². The van der Waals surface area contributed by atoms with Gasteiger partial charge in [0.2, 0.25) is 0 Å². The molecular weight excluding hydrogens is 249 g/mol. The van der Waals surface area contributed by atoms with Crippen LogP contribution in [0.4, 0.5) is 4.39 Å². The summed E-state index contributed by atoms with van der Waals surface area (Å²) >= 11 is 5.85. The van der Waals surface area contributed by atoms with E-state index in [4.69, 9.17) is 11.6 Å². The molecule has 0 aliphatic rings. The fourth-order valence-corrected chi connectivity index (χ4v) is 2.26. The summed E-state index contributed by atoms with van der Waals surface area (Å²) in [4.78, 5) is 0. The van der Waals surface area contributed by atoms with Crippen molar-refractivity contribution >= 4 is 11.6 Å². The second kappa shape index (κ2) is 6.53. The van der Waals surface area contributed by atoms with Gasteiger partial charge in [-0.05, 0) is 42.0 Å². The van der Waals surface area contributed by atoms with Crippen molar-refractivity contribution in [3.05, 3.63) is 35.1 Å². The lowest BCUT2D eigenvalue weighted by atomic mass is 9.85. The fourth-order valence-electron chi connectivity index (χ4n) is 2.04. The van der Waals surface area contributed by atoms with Gasteiger partial charge in [-0.1, -0.05) is 26.8 Å². The molecule has 3 heteroatoms. The third kappa shape index (κ3) is 4.58. The minimum Gasteiger partial charge on any atom is -0.309 e. The topological polar surface area (TPSA) is 12.0 Å². The van der Waals surface area contributed by atoms with Gasteiger partial charge in [0.15, 0.2) is 0 Å². The maximum absolute atomic E-state index is 13.0. The SMILES string of the molecule is Cc1cc(F)ccc1CNC(CCCl)C(C)(C)C. The molecule has 1 unspecified atom stereocenters. The van der Waals surface area contributed by atoms with Crippen molar-refractivity contribution in [1.29, 1.82) is 0 Å². The predicted octanol–water partition coefficient (Wildman–Crippen LogP) is 4.27. The van der Waals surface area contributed by atoms with E-state index in [2.05, 4.69) is 26.1 Å². The molecule has 0 spiro atoms. The van der Waals surface area contributed by atoms with Crippen molar-refractivity contribution in [2.45, 2.75) is 46.7 Å². The molecule has 0 saturated heterocycles. The third-order valence-electron chi connectivity index (χ3n) is 3.29. The minimum atomic E-state index is -0.177. The summed E-state index contributed by atoms with van der Waals surface area (Å²) in [6.45, 7) is 9.30. The Bertz CT molecular complexity index is 385. The lowest BCUT2D eigenvalue weighted by molar-refractivity contribution is 0.260. The van der Waals surface area contributed by atoms with Crippen LogP contribution >= 0.6 is 11.6 Å². The summed E-state index contributed by atoms with van der Waals surface area (Å²) in [5, 5.41) is 3.53. The van der Waals surface area contributed by atoms with E-state index in [1.54, 1.807) is 6.07 Å². The summed E-state index contributed by atoms with van der Waals surface area (Å²) in [6, 6.07) is 5.29. The number of benzene rings is 1. The Hall–Kier alpha value is -0.600. The van der Waals surface area contributed by atoms with E-state index >= 15 is 0 Å². The highest BCUT2D eigenvalue weighted by Crippen LogP contribution is 2.23. The maximum atomic E-state index is 13.0. The van der Waals surface area contributed by atoms with Gasteiger partial charge in [-0.15, -0.1) is 11.6 Å². The van der Waals surface area contributed by atoms with Gasteiger partial charge in [0.1, 0.15) is 5.82 Å². The standard InChI is InChI=1S/C15H23ClFN/c1-11-9-13(17)6-5-12(11)10-18-14(7-8-16)15(2,3)4/h5-6,9,14,18H,7-8,10H2,1-4H3. The first-order valence-electron chi connectivity index (χ1n) is 6.39. The summed E-state index contributed by atoms with van der Waals surface area (Å²) in [5.74, 6) is 0.474. The predicted molar refractivity (Wildman–Crippen MR) is 76.6 cm³/mol. The quantitative estimate of drug-likeness (QED) is 0.789. The third-order valence-corrected chi connectivity index (χ3v) is 3.50. The van der Waals surface area contributed by atoms with E-state index in [1.165, 1.54) is 6.07 Å². The van der Waals surface area contributed by atoms with Crippen molar-refractivity contribution in [2.75, 3.05) is 5.88 Å². The van der Waals surface area contributed by atoms with Crippen LogP contribution in [0.3, 0.4) is 0 Å². The fraction of sp³-hybridized carbons (Fsp3) is 0.600. The van der Waals surface area contributed by atoms with E-state index in [0.29, 0.717) is 11.9 Å². The van der Waals surface area contributed by atoms with Crippen molar-refractivity contribution in [2.24, 2.45) is 5.41 Å². The summed E-state index contributed by atoms with van der Waals surface area (Å²) in [5.41, 5.74) is 2.30. The molecule has 0 radical (unpaired) electrons. The lowest BCUT2D eigenvalue weighted by Crippen LogP contribution is -2.40. The van der Waals surface area contributed by atoms with Crippen LogP contribution in [0.15, 0.2) is 18.2 Å². The van der Waals surface area contributed by atoms with Crippen LogP contribution < -0.4 is 5.32 Å². The smallest absolute Gasteiger partial charge is 0.123 e. The van der Waals surface area contributed by atoms with E-state index in [1.807, 2.05) is 13.0 Å². The van der Waals surface area contributed by atoms with Crippen LogP contribution in [0.25, 0.3) is 0 Å². The Morgan fingerprint density at radius 2 is 2.00 bits per heavy atom. The van der Waals surface area contributed by atoms with E-state index in [9.17, 15) is 4.39 Å². The van der Waals surface area contributed by atoms with Crippen LogP contribution in [-0.4, -0.2) is 11.9 Å². The number of hydrogen-bond donors (Lipinski definition) is 1. The molecule has 0 amide bonds. The van der Waals surface area contributed by atoms with Gasteiger partial charge in [0.25, 0.3) is 0 Å². The highest BCUT2D eigenvalue weighted by atomic mass is 35.5. The van der Waals surface area contributed by atoms with Gasteiger partial charge in [-0.3, -0.25) is 0 Å². The second-order valence-corrected chi connectivity index (χ2v) is 6.23. The van der Waals surface area contributed by atoms with Gasteiger partial charge >= 0.3 is 0 Å². The summed E-state index contributed by atoms with van der Waals surface area (Å²) in [7, 11) is 0. The van der Waals surface area contributed by atoms with E-state index in [0.717, 1.165) is 24.1 Å². The van der Waals surface area contributed by atoms with Crippen molar-refractivity contribution < 1.29 is 4.39 Å². The number of halogens is 2. The molecule has 0 saturated carbocycles. The molecule has 1 atom stereocenters. The van der Waals surface area contributed by atoms with Crippen LogP contribution in [0, 0.1) is 18.2 Å². The van der Waals surface area contributed by atoms with Crippen LogP contribution in [0.1, 0.15) is 38.3 Å². The molecule has 1 aromatic carbocycles. The molecule has 1 aromatic rings. The Morgan fingerprint density at radius 3 is 2.50 bits per heavy atom. The highest BCUT2D eigenvalue weighted by molar-refractivity contribution is 6.17. The number of nitrogens with one attached hydrogen (secondary N) is 1. The molecule has 102 valence electrons. The van der Waals surface area contributed by atoms with Crippen molar-refractivity contribution in [1.82, 2.24) is 5.32 Å². The number of aryl methyl sites for hydroxylation is 1. The van der Waals surface area contributed by atoms with Crippen LogP contribution in [-0.2, 0) is 6.54 Å². The van der Waals surface area contributed by atoms with Crippen LogP contribution in [0.5, 0.6) is 0 Å². The van der Waals surface area contributed by atoms with Gasteiger partial charge in [0, 0.05) is 18.5 Å². The first kappa shape index (κ1) is 15.5. The normalized spacial score (nSPS) is 13.7. The first-order valence-corrected chi connectivity index (χ1v) is 6.92. The van der Waals surface area contributed by atoms with Gasteiger partial charge in [0.05, 0.1) is 0 Å². The average Bonchev–Trinajstić information content (AvgIpc) is 2.24. The molecule has 0 heterocycles. The molecule has 1 N–H and O–H groups in total. The number of hydrogen-bond acceptors (Lipinski definition) is 1. The Morgan fingerprint density at radius 1 is 1.33 bits per heavy atom. The Labute approximate surface area is 115 Å². The van der Waals surface area contributed by atoms with Gasteiger partial charge in [-0.25, -0.2) is 4.39 Å². The molecule has 18 heavy (non-hydrogen) atoms. The zero-order valence-corrected chi connectivity index (χ0v) is 12.4. The zero-order chi connectivity index (χ0) is 13.8. The first-order chi connectivity index (χ1) is 8.34. The zero-order valence-electron chi connectivity index (χ0n) is 11.7. The summed E-state index contributed by atoms with van der Waals surface area (Å²) < 4.78 is 13.0. The lowest BCUT2D eigenvalue weighted by Gasteiger charge is -2.31. The van der Waals surface area contributed by atoms with Crippen molar-refractivity contribution in [3.8, 4) is 0 Å². The molecule has 0 aromatic heterocycles. The second-order valence-electron chi connectivity index (χ2n) is 5.85. The molecule has 0 bridgehead atoms. The van der Waals surface area contributed by atoms with Crippen molar-refractivity contribution in [3.63, 3.8) is 0 Å². The Kier molecular flexibility index (Phi) is 5.61. The molecule has 0 aliphatic carbocycles. The maximum Gasteiger partial charge on any atom is 0.123 e. The molecule has 1 rings (SSSR count). The monoisotopic (exact) mass is 271 g/mol. The average molecular weight is 272 g/mol. The number of rotatable bonds is 5. The molecular formula is C15H23ClFN. The van der Waals surface area contributed by atoms with E-state index < -0.39 is 0 Å². The minimum absolute atomic E-state index is 0.169. The van der Waals surface area contributed by atoms with Gasteiger partial charge < -0.3 is 5.32 Å². The van der Waals surface area contributed by atoms with Crippen LogP contribution in [0.2, 0.25) is 0 Å². The Balaban J connectivity index is 2.67. The molecule has 0 fully saturated rings. The molecule has 1 nitrogen and oxygen atoms in total. The summed E-state index contributed by atoms with van der Waals surface area (Å²) in [6.07, 6.45) is 0.936.